The van der Waals surface area contributed by atoms with E-state index in [2.05, 4.69) is 10.4 Å². The van der Waals surface area contributed by atoms with E-state index >= 15 is 0 Å². The van der Waals surface area contributed by atoms with E-state index in [0.29, 0.717) is 17.9 Å². The molecule has 2 aromatic heterocycles. The van der Waals surface area contributed by atoms with E-state index < -0.39 is 5.97 Å². The molecular weight excluding hydrogens is 290 g/mol. The van der Waals surface area contributed by atoms with Crippen LogP contribution >= 0.6 is 11.3 Å². The van der Waals surface area contributed by atoms with Gasteiger partial charge in [-0.1, -0.05) is 6.92 Å². The Kier molecular flexibility index (Phi) is 4.42. The van der Waals surface area contributed by atoms with Crippen molar-refractivity contribution in [3.05, 3.63) is 33.3 Å². The number of amides is 1. The highest BCUT2D eigenvalue weighted by molar-refractivity contribution is 7.12. The van der Waals surface area contributed by atoms with Gasteiger partial charge in [-0.3, -0.25) is 9.48 Å². The lowest BCUT2D eigenvalue weighted by atomic mass is 10.2. The van der Waals surface area contributed by atoms with E-state index in [0.717, 1.165) is 29.0 Å². The first kappa shape index (κ1) is 15.2. The zero-order valence-electron chi connectivity index (χ0n) is 12.1. The Bertz CT molecular complexity index is 688. The number of thiophene rings is 1. The van der Waals surface area contributed by atoms with Crippen LogP contribution in [0.3, 0.4) is 0 Å². The van der Waals surface area contributed by atoms with Crippen LogP contribution in [0.5, 0.6) is 0 Å². The molecule has 0 aromatic carbocycles. The lowest BCUT2D eigenvalue weighted by Gasteiger charge is -2.07. The fourth-order valence-corrected chi connectivity index (χ4v) is 2.84. The van der Waals surface area contributed by atoms with Crippen LogP contribution in [0.1, 0.15) is 45.3 Å². The van der Waals surface area contributed by atoms with E-state index in [1.807, 2.05) is 13.8 Å². The zero-order chi connectivity index (χ0) is 15.6. The van der Waals surface area contributed by atoms with Gasteiger partial charge in [-0.05, 0) is 37.3 Å². The molecule has 0 aliphatic rings. The highest BCUT2D eigenvalue weighted by atomic mass is 32.1. The van der Waals surface area contributed by atoms with Crippen molar-refractivity contribution < 1.29 is 14.7 Å². The Labute approximate surface area is 126 Å². The number of carbonyl (C=O) groups is 2. The summed E-state index contributed by atoms with van der Waals surface area (Å²) < 4.78 is 1.62. The van der Waals surface area contributed by atoms with E-state index in [1.54, 1.807) is 23.1 Å². The summed E-state index contributed by atoms with van der Waals surface area (Å²) in [6, 6.07) is 1.74. The molecule has 2 aromatic rings. The number of hydrogen-bond donors (Lipinski definition) is 2. The first-order chi connectivity index (χ1) is 9.97. The Morgan fingerprint density at radius 1 is 1.43 bits per heavy atom. The molecule has 0 fully saturated rings. The second-order valence-corrected chi connectivity index (χ2v) is 5.45. The van der Waals surface area contributed by atoms with Crippen LogP contribution < -0.4 is 5.32 Å². The van der Waals surface area contributed by atoms with Crippen molar-refractivity contribution in [1.82, 2.24) is 9.78 Å². The van der Waals surface area contributed by atoms with Crippen LogP contribution in [-0.2, 0) is 13.0 Å². The fourth-order valence-electron chi connectivity index (χ4n) is 2.00. The number of aryl methyl sites for hydroxylation is 3. The fraction of sp³-hybridized carbons (Fsp3) is 0.357. The Hall–Kier alpha value is -2.15. The molecule has 0 atom stereocenters. The van der Waals surface area contributed by atoms with Crippen LogP contribution in [0.4, 0.5) is 5.69 Å². The highest BCUT2D eigenvalue weighted by Gasteiger charge is 2.20. The van der Waals surface area contributed by atoms with Crippen molar-refractivity contribution >= 4 is 28.9 Å². The van der Waals surface area contributed by atoms with Crippen LogP contribution in [0, 0.1) is 6.92 Å². The standard InChI is InChI=1S/C14H17N3O3S/c1-4-9-6-10(17(5-2)16-9)13(18)15-11-8(3)7-21-12(11)14(19)20/h6-7H,4-5H2,1-3H3,(H,15,18)(H,19,20). The van der Waals surface area contributed by atoms with E-state index in [4.69, 9.17) is 5.11 Å². The van der Waals surface area contributed by atoms with Crippen molar-refractivity contribution in [3.8, 4) is 0 Å². The van der Waals surface area contributed by atoms with Crippen molar-refractivity contribution in [2.75, 3.05) is 5.32 Å². The number of carboxylic acids is 1. The molecule has 112 valence electrons. The molecule has 0 aliphatic heterocycles. The summed E-state index contributed by atoms with van der Waals surface area (Å²) in [7, 11) is 0. The largest absolute Gasteiger partial charge is 0.477 e. The van der Waals surface area contributed by atoms with Crippen molar-refractivity contribution in [3.63, 3.8) is 0 Å². The molecule has 0 saturated heterocycles. The van der Waals surface area contributed by atoms with Crippen LogP contribution in [0.25, 0.3) is 0 Å². The number of aromatic carboxylic acids is 1. The molecule has 1 amide bonds. The van der Waals surface area contributed by atoms with E-state index in [1.165, 1.54) is 0 Å². The van der Waals surface area contributed by atoms with Crippen molar-refractivity contribution in [2.24, 2.45) is 0 Å². The molecule has 0 saturated carbocycles. The lowest BCUT2D eigenvalue weighted by molar-refractivity contribution is 0.0703. The van der Waals surface area contributed by atoms with Gasteiger partial charge in [0.05, 0.1) is 11.4 Å². The topological polar surface area (TPSA) is 84.2 Å². The summed E-state index contributed by atoms with van der Waals surface area (Å²) >= 11 is 1.10. The summed E-state index contributed by atoms with van der Waals surface area (Å²) in [5.74, 6) is -1.38. The zero-order valence-corrected chi connectivity index (χ0v) is 13.0. The van der Waals surface area contributed by atoms with Gasteiger partial charge >= 0.3 is 5.97 Å². The molecule has 6 nitrogen and oxygen atoms in total. The number of anilines is 1. The maximum Gasteiger partial charge on any atom is 0.348 e. The van der Waals surface area contributed by atoms with Gasteiger partial charge in [0.1, 0.15) is 10.6 Å². The van der Waals surface area contributed by atoms with Gasteiger partial charge in [0.15, 0.2) is 0 Å². The summed E-state index contributed by atoms with van der Waals surface area (Å²) in [6.45, 7) is 6.22. The average Bonchev–Trinajstić information content (AvgIpc) is 3.03. The summed E-state index contributed by atoms with van der Waals surface area (Å²) in [5, 5.41) is 17.9. The lowest BCUT2D eigenvalue weighted by Crippen LogP contribution is -2.18. The summed E-state index contributed by atoms with van der Waals surface area (Å²) in [4.78, 5) is 23.7. The monoisotopic (exact) mass is 307 g/mol. The summed E-state index contributed by atoms with van der Waals surface area (Å²) in [5.41, 5.74) is 2.38. The Morgan fingerprint density at radius 2 is 2.14 bits per heavy atom. The molecule has 2 heterocycles. The Morgan fingerprint density at radius 3 is 2.71 bits per heavy atom. The third-order valence-corrected chi connectivity index (χ3v) is 4.22. The number of nitrogens with zero attached hydrogens (tertiary/aromatic N) is 2. The molecule has 0 spiro atoms. The molecule has 2 rings (SSSR count). The second-order valence-electron chi connectivity index (χ2n) is 4.57. The number of hydrogen-bond acceptors (Lipinski definition) is 4. The van der Waals surface area contributed by atoms with Gasteiger partial charge in [-0.2, -0.15) is 5.10 Å². The van der Waals surface area contributed by atoms with Gasteiger partial charge in [-0.25, -0.2) is 4.79 Å². The minimum atomic E-state index is -1.04. The van der Waals surface area contributed by atoms with E-state index in [9.17, 15) is 9.59 Å². The minimum absolute atomic E-state index is 0.138. The number of carboxylic acid groups (broad SMARTS) is 1. The maximum atomic E-state index is 12.4. The summed E-state index contributed by atoms with van der Waals surface area (Å²) in [6.07, 6.45) is 0.741. The molecule has 0 aliphatic carbocycles. The van der Waals surface area contributed by atoms with Crippen molar-refractivity contribution in [1.29, 1.82) is 0 Å². The number of rotatable bonds is 5. The normalized spacial score (nSPS) is 10.6. The predicted octanol–water partition coefficient (Wildman–Crippen LogP) is 2.79. The third kappa shape index (κ3) is 2.97. The minimum Gasteiger partial charge on any atom is -0.477 e. The van der Waals surface area contributed by atoms with Crippen LogP contribution in [0.2, 0.25) is 0 Å². The predicted molar refractivity (Wildman–Crippen MR) is 81.2 cm³/mol. The van der Waals surface area contributed by atoms with Gasteiger partial charge < -0.3 is 10.4 Å². The molecule has 7 heteroatoms. The molecular formula is C14H17N3O3S. The quantitative estimate of drug-likeness (QED) is 0.889. The first-order valence-corrected chi connectivity index (χ1v) is 7.55. The smallest absolute Gasteiger partial charge is 0.348 e. The molecule has 2 N–H and O–H groups in total. The van der Waals surface area contributed by atoms with Gasteiger partial charge in [-0.15, -0.1) is 11.3 Å². The molecule has 0 unspecified atom stereocenters. The van der Waals surface area contributed by atoms with Crippen molar-refractivity contribution in [2.45, 2.75) is 33.7 Å². The van der Waals surface area contributed by atoms with Crippen LogP contribution in [-0.4, -0.2) is 26.8 Å². The molecule has 0 bridgehead atoms. The SMILES string of the molecule is CCc1cc(C(=O)Nc2c(C)csc2C(=O)O)n(CC)n1. The van der Waals surface area contributed by atoms with Gasteiger partial charge in [0.2, 0.25) is 0 Å². The number of nitrogens with one attached hydrogen (secondary N) is 1. The Balaban J connectivity index is 2.32. The maximum absolute atomic E-state index is 12.4. The average molecular weight is 307 g/mol. The van der Waals surface area contributed by atoms with Crippen LogP contribution in [0.15, 0.2) is 11.4 Å². The number of carbonyl (C=O) groups excluding carboxylic acids is 1. The third-order valence-electron chi connectivity index (χ3n) is 3.13. The molecule has 0 radical (unpaired) electrons. The second kappa shape index (κ2) is 6.09. The van der Waals surface area contributed by atoms with Gasteiger partial charge in [0.25, 0.3) is 5.91 Å². The van der Waals surface area contributed by atoms with Gasteiger partial charge in [0, 0.05) is 6.54 Å². The van der Waals surface area contributed by atoms with E-state index in [-0.39, 0.29) is 10.8 Å². The number of aromatic nitrogens is 2. The molecule has 21 heavy (non-hydrogen) atoms. The first-order valence-electron chi connectivity index (χ1n) is 6.67. The highest BCUT2D eigenvalue weighted by Crippen LogP contribution is 2.28.